The van der Waals surface area contributed by atoms with Crippen molar-refractivity contribution in [2.24, 2.45) is 23.7 Å². The number of hydrogen-bond acceptors (Lipinski definition) is 1. The first-order chi connectivity index (χ1) is 8.66. The third-order valence-electron chi connectivity index (χ3n) is 4.59. The number of carbonyl (C=O) groups excluding carboxylic acids is 1. The van der Waals surface area contributed by atoms with E-state index in [-0.39, 0.29) is 0 Å². The highest BCUT2D eigenvalue weighted by atomic mass is 16.1. The van der Waals surface area contributed by atoms with Crippen molar-refractivity contribution in [3.8, 4) is 0 Å². The van der Waals surface area contributed by atoms with E-state index in [1.165, 1.54) is 24.8 Å². The Labute approximate surface area is 110 Å². The summed E-state index contributed by atoms with van der Waals surface area (Å²) in [6.45, 7) is 4.45. The van der Waals surface area contributed by atoms with Crippen molar-refractivity contribution in [1.29, 1.82) is 0 Å². The second-order valence-electron chi connectivity index (χ2n) is 6.44. The molecule has 0 bridgehead atoms. The quantitative estimate of drug-likeness (QED) is 0.726. The van der Waals surface area contributed by atoms with E-state index in [2.05, 4.69) is 26.0 Å². The zero-order valence-corrected chi connectivity index (χ0v) is 11.4. The number of fused-ring (bicyclic) bond motifs is 1. The molecule has 1 aromatic carbocycles. The maximum absolute atomic E-state index is 12.4. The topological polar surface area (TPSA) is 17.1 Å². The molecule has 2 saturated carbocycles. The summed E-state index contributed by atoms with van der Waals surface area (Å²) >= 11 is 0. The molecule has 0 amide bonds. The van der Waals surface area contributed by atoms with Crippen LogP contribution in [0.3, 0.4) is 0 Å². The van der Waals surface area contributed by atoms with Crippen LogP contribution in [0.2, 0.25) is 0 Å². The molecule has 0 aromatic heterocycles. The molecule has 2 atom stereocenters. The molecule has 1 heteroatoms. The SMILES string of the molecule is CC(C)Cc1ccc(C(=O)C2C3CCCC32)cc1. The van der Waals surface area contributed by atoms with Crippen LogP contribution >= 0.6 is 0 Å². The lowest BCUT2D eigenvalue weighted by atomic mass is 9.97. The molecule has 2 aliphatic rings. The van der Waals surface area contributed by atoms with Gasteiger partial charge in [-0.3, -0.25) is 4.79 Å². The van der Waals surface area contributed by atoms with Crippen LogP contribution in [0.1, 0.15) is 49.0 Å². The van der Waals surface area contributed by atoms with E-state index in [4.69, 9.17) is 0 Å². The van der Waals surface area contributed by atoms with Gasteiger partial charge < -0.3 is 0 Å². The predicted octanol–water partition coefficient (Wildman–Crippen LogP) is 4.11. The summed E-state index contributed by atoms with van der Waals surface area (Å²) < 4.78 is 0. The predicted molar refractivity (Wildman–Crippen MR) is 73.6 cm³/mol. The standard InChI is InChI=1S/C17H22O/c1-11(2)10-12-6-8-13(9-7-12)17(18)16-14-4-3-5-15(14)16/h6-9,11,14-16H,3-5,10H2,1-2H3. The third-order valence-corrected chi connectivity index (χ3v) is 4.59. The number of ketones is 1. The zero-order chi connectivity index (χ0) is 12.7. The highest BCUT2D eigenvalue weighted by Gasteiger charge is 2.56. The highest BCUT2D eigenvalue weighted by molar-refractivity contribution is 6.00. The molecule has 0 saturated heterocycles. The van der Waals surface area contributed by atoms with E-state index in [0.29, 0.717) is 17.6 Å². The van der Waals surface area contributed by atoms with E-state index in [9.17, 15) is 4.79 Å². The molecule has 2 fully saturated rings. The van der Waals surface area contributed by atoms with Crippen molar-refractivity contribution in [3.05, 3.63) is 35.4 Å². The van der Waals surface area contributed by atoms with Gasteiger partial charge in [0.05, 0.1) is 0 Å². The average Bonchev–Trinajstić information content (AvgIpc) is 2.81. The first-order valence-electron chi connectivity index (χ1n) is 7.30. The van der Waals surface area contributed by atoms with Crippen molar-refractivity contribution >= 4 is 5.78 Å². The molecule has 0 spiro atoms. The summed E-state index contributed by atoms with van der Waals surface area (Å²) in [4.78, 5) is 12.4. The molecule has 1 aromatic rings. The zero-order valence-electron chi connectivity index (χ0n) is 11.4. The lowest BCUT2D eigenvalue weighted by molar-refractivity contribution is 0.0951. The van der Waals surface area contributed by atoms with Crippen LogP contribution in [-0.4, -0.2) is 5.78 Å². The van der Waals surface area contributed by atoms with Crippen molar-refractivity contribution in [1.82, 2.24) is 0 Å². The summed E-state index contributed by atoms with van der Waals surface area (Å²) in [5, 5.41) is 0. The Bertz CT molecular complexity index is 433. The Kier molecular flexibility index (Phi) is 3.01. The van der Waals surface area contributed by atoms with Crippen LogP contribution in [-0.2, 0) is 6.42 Å². The summed E-state index contributed by atoms with van der Waals surface area (Å²) in [5.74, 6) is 2.91. The average molecular weight is 242 g/mol. The largest absolute Gasteiger partial charge is 0.294 e. The smallest absolute Gasteiger partial charge is 0.166 e. The van der Waals surface area contributed by atoms with Crippen LogP contribution in [0.5, 0.6) is 0 Å². The Balaban J connectivity index is 1.67. The van der Waals surface area contributed by atoms with Crippen LogP contribution < -0.4 is 0 Å². The second-order valence-corrected chi connectivity index (χ2v) is 6.44. The molecule has 18 heavy (non-hydrogen) atoms. The van der Waals surface area contributed by atoms with E-state index >= 15 is 0 Å². The number of rotatable bonds is 4. The maximum atomic E-state index is 12.4. The minimum atomic E-state index is 0.370. The molecule has 96 valence electrons. The number of hydrogen-bond donors (Lipinski definition) is 0. The first kappa shape index (κ1) is 12.0. The van der Waals surface area contributed by atoms with Crippen LogP contribution in [0.15, 0.2) is 24.3 Å². The fraction of sp³-hybridized carbons (Fsp3) is 0.588. The van der Waals surface area contributed by atoms with Gasteiger partial charge in [-0.1, -0.05) is 44.5 Å². The van der Waals surface area contributed by atoms with Crippen LogP contribution in [0.4, 0.5) is 0 Å². The number of benzene rings is 1. The third kappa shape index (κ3) is 2.11. The Morgan fingerprint density at radius 1 is 1.17 bits per heavy atom. The maximum Gasteiger partial charge on any atom is 0.166 e. The van der Waals surface area contributed by atoms with Crippen LogP contribution in [0, 0.1) is 23.7 Å². The molecule has 2 aliphatic carbocycles. The van der Waals surface area contributed by atoms with E-state index in [1.54, 1.807) is 0 Å². The van der Waals surface area contributed by atoms with E-state index < -0.39 is 0 Å². The Morgan fingerprint density at radius 2 is 1.78 bits per heavy atom. The van der Waals surface area contributed by atoms with Gasteiger partial charge in [0, 0.05) is 11.5 Å². The molecule has 0 aliphatic heterocycles. The van der Waals surface area contributed by atoms with Gasteiger partial charge in [-0.05, 0) is 42.6 Å². The molecule has 1 nitrogen and oxygen atoms in total. The summed E-state index contributed by atoms with van der Waals surface area (Å²) in [7, 11) is 0. The molecule has 0 N–H and O–H groups in total. The van der Waals surface area contributed by atoms with E-state index in [1.807, 2.05) is 12.1 Å². The van der Waals surface area contributed by atoms with Gasteiger partial charge in [0.1, 0.15) is 0 Å². The van der Waals surface area contributed by atoms with Gasteiger partial charge in [0.15, 0.2) is 5.78 Å². The first-order valence-corrected chi connectivity index (χ1v) is 7.30. The Hall–Kier alpha value is -1.11. The lowest BCUT2D eigenvalue weighted by Crippen LogP contribution is -2.06. The van der Waals surface area contributed by atoms with Crippen molar-refractivity contribution in [3.63, 3.8) is 0 Å². The highest BCUT2D eigenvalue weighted by Crippen LogP contribution is 2.58. The normalized spacial score (nSPS) is 29.4. The molecular formula is C17H22O. The summed E-state index contributed by atoms with van der Waals surface area (Å²) in [6.07, 6.45) is 5.01. The van der Waals surface area contributed by atoms with Gasteiger partial charge in [-0.2, -0.15) is 0 Å². The molecule has 0 radical (unpaired) electrons. The number of Topliss-reactive ketones (excluding diaryl/α,β-unsaturated/α-hetero) is 1. The van der Waals surface area contributed by atoms with Gasteiger partial charge in [-0.25, -0.2) is 0 Å². The minimum absolute atomic E-state index is 0.370. The van der Waals surface area contributed by atoms with Gasteiger partial charge >= 0.3 is 0 Å². The monoisotopic (exact) mass is 242 g/mol. The second kappa shape index (κ2) is 4.53. The molecule has 3 rings (SSSR count). The summed E-state index contributed by atoms with van der Waals surface area (Å²) in [6, 6.07) is 8.33. The fourth-order valence-electron chi connectivity index (χ4n) is 3.68. The van der Waals surface area contributed by atoms with Gasteiger partial charge in [0.2, 0.25) is 0 Å². The van der Waals surface area contributed by atoms with Gasteiger partial charge in [0.25, 0.3) is 0 Å². The molecular weight excluding hydrogens is 220 g/mol. The lowest BCUT2D eigenvalue weighted by Gasteiger charge is -2.07. The minimum Gasteiger partial charge on any atom is -0.294 e. The summed E-state index contributed by atoms with van der Waals surface area (Å²) in [5.41, 5.74) is 2.28. The van der Waals surface area contributed by atoms with Gasteiger partial charge in [-0.15, -0.1) is 0 Å². The number of carbonyl (C=O) groups is 1. The van der Waals surface area contributed by atoms with Crippen molar-refractivity contribution in [2.75, 3.05) is 0 Å². The Morgan fingerprint density at radius 3 is 2.33 bits per heavy atom. The van der Waals surface area contributed by atoms with Crippen molar-refractivity contribution in [2.45, 2.75) is 39.5 Å². The molecule has 2 unspecified atom stereocenters. The van der Waals surface area contributed by atoms with Crippen molar-refractivity contribution < 1.29 is 4.79 Å². The fourth-order valence-corrected chi connectivity index (χ4v) is 3.68. The van der Waals surface area contributed by atoms with E-state index in [0.717, 1.165) is 23.8 Å². The molecule has 0 heterocycles. The van der Waals surface area contributed by atoms with Crippen LogP contribution in [0.25, 0.3) is 0 Å².